The summed E-state index contributed by atoms with van der Waals surface area (Å²) in [4.78, 5) is 5.37. The Morgan fingerprint density at radius 1 is 1.38 bits per heavy atom. The zero-order valence-electron chi connectivity index (χ0n) is 8.89. The van der Waals surface area contributed by atoms with Crippen LogP contribution in [0.2, 0.25) is 0 Å². The fourth-order valence-electron chi connectivity index (χ4n) is 1.95. The van der Waals surface area contributed by atoms with Gasteiger partial charge in [0.25, 0.3) is 0 Å². The van der Waals surface area contributed by atoms with Crippen molar-refractivity contribution in [1.82, 2.24) is 9.38 Å². The number of imidazole rings is 1. The van der Waals surface area contributed by atoms with Gasteiger partial charge in [-0.05, 0) is 37.1 Å². The third kappa shape index (κ3) is 1.50. The highest BCUT2D eigenvalue weighted by Crippen LogP contribution is 2.26. The molecule has 0 aliphatic rings. The Labute approximate surface area is 97.5 Å². The number of aryl methyl sites for hydroxylation is 1. The summed E-state index contributed by atoms with van der Waals surface area (Å²) in [5.74, 6) is 0. The van der Waals surface area contributed by atoms with E-state index in [-0.39, 0.29) is 0 Å². The summed E-state index contributed by atoms with van der Waals surface area (Å²) in [6, 6.07) is 6.61. The smallest absolute Gasteiger partial charge is 0.194 e. The van der Waals surface area contributed by atoms with Gasteiger partial charge in [0.1, 0.15) is 0 Å². The molecule has 2 N–H and O–H groups in total. The lowest BCUT2D eigenvalue weighted by atomic mass is 10.1. The van der Waals surface area contributed by atoms with E-state index >= 15 is 0 Å². The molecule has 4 heteroatoms. The Kier molecular flexibility index (Phi) is 2.38. The summed E-state index contributed by atoms with van der Waals surface area (Å²) in [5, 5.41) is 0. The Morgan fingerprint density at radius 2 is 2.31 bits per heavy atom. The van der Waals surface area contributed by atoms with Crippen LogP contribution < -0.4 is 5.73 Å². The molecular weight excluding hydrogens is 218 g/mol. The van der Waals surface area contributed by atoms with Crippen molar-refractivity contribution in [1.29, 1.82) is 0 Å². The van der Waals surface area contributed by atoms with Gasteiger partial charge in [-0.15, -0.1) is 0 Å². The lowest BCUT2D eigenvalue weighted by Crippen LogP contribution is -2.00. The largest absolute Gasteiger partial charge is 0.330 e. The maximum Gasteiger partial charge on any atom is 0.194 e. The van der Waals surface area contributed by atoms with Crippen LogP contribution in [0.3, 0.4) is 0 Å². The number of hydrogen-bond donors (Lipinski definition) is 1. The number of thiazole rings is 1. The lowest BCUT2D eigenvalue weighted by Gasteiger charge is -1.99. The number of nitrogens with zero attached hydrogens (tertiary/aromatic N) is 2. The molecule has 0 amide bonds. The molecule has 0 radical (unpaired) electrons. The monoisotopic (exact) mass is 231 g/mol. The third-order valence-electron chi connectivity index (χ3n) is 2.76. The first-order chi connectivity index (χ1) is 7.88. The van der Waals surface area contributed by atoms with Gasteiger partial charge < -0.3 is 5.73 Å². The van der Waals surface area contributed by atoms with E-state index in [1.807, 2.05) is 12.4 Å². The number of aromatic nitrogens is 2. The maximum atomic E-state index is 5.52. The highest BCUT2D eigenvalue weighted by atomic mass is 32.1. The van der Waals surface area contributed by atoms with Gasteiger partial charge >= 0.3 is 0 Å². The van der Waals surface area contributed by atoms with Crippen LogP contribution in [0.1, 0.15) is 12.0 Å². The van der Waals surface area contributed by atoms with Crippen molar-refractivity contribution in [3.63, 3.8) is 0 Å². The molecule has 0 unspecified atom stereocenters. The highest BCUT2D eigenvalue weighted by Gasteiger charge is 2.05. The molecule has 0 saturated carbocycles. The van der Waals surface area contributed by atoms with Crippen LogP contribution in [-0.2, 0) is 6.42 Å². The van der Waals surface area contributed by atoms with Gasteiger partial charge in [0.2, 0.25) is 0 Å². The summed E-state index contributed by atoms with van der Waals surface area (Å²) < 4.78 is 3.44. The zero-order valence-corrected chi connectivity index (χ0v) is 9.70. The minimum atomic E-state index is 0.756. The SMILES string of the molecule is NCCCc1ccc2c(c1)sc1nccn12. The van der Waals surface area contributed by atoms with Gasteiger partial charge in [-0.1, -0.05) is 17.4 Å². The van der Waals surface area contributed by atoms with E-state index in [4.69, 9.17) is 5.73 Å². The molecule has 3 aromatic rings. The van der Waals surface area contributed by atoms with Crippen LogP contribution in [0.15, 0.2) is 30.6 Å². The van der Waals surface area contributed by atoms with Crippen LogP contribution in [-0.4, -0.2) is 15.9 Å². The van der Waals surface area contributed by atoms with Crippen LogP contribution >= 0.6 is 11.3 Å². The molecule has 0 aliphatic heterocycles. The second-order valence-electron chi connectivity index (χ2n) is 3.88. The molecule has 3 nitrogen and oxygen atoms in total. The summed E-state index contributed by atoms with van der Waals surface area (Å²) >= 11 is 1.74. The zero-order chi connectivity index (χ0) is 11.0. The van der Waals surface area contributed by atoms with Crippen molar-refractivity contribution >= 4 is 26.5 Å². The fourth-order valence-corrected chi connectivity index (χ4v) is 3.00. The predicted molar refractivity (Wildman–Crippen MR) is 68.0 cm³/mol. The first-order valence-corrected chi connectivity index (χ1v) is 6.25. The molecule has 0 atom stereocenters. The molecule has 0 fully saturated rings. The standard InChI is InChI=1S/C12H13N3S/c13-5-1-2-9-3-4-10-11(8-9)16-12-14-6-7-15(10)12/h3-4,6-8H,1-2,5,13H2. The number of nitrogens with two attached hydrogens (primary N) is 1. The summed E-state index contributed by atoms with van der Waals surface area (Å²) in [6.07, 6.45) is 5.96. The van der Waals surface area contributed by atoms with E-state index < -0.39 is 0 Å². The van der Waals surface area contributed by atoms with E-state index in [1.54, 1.807) is 11.3 Å². The summed E-state index contributed by atoms with van der Waals surface area (Å²) in [7, 11) is 0. The molecule has 2 heterocycles. The fraction of sp³-hybridized carbons (Fsp3) is 0.250. The molecule has 2 aromatic heterocycles. The van der Waals surface area contributed by atoms with Gasteiger partial charge in [-0.2, -0.15) is 0 Å². The van der Waals surface area contributed by atoms with Crippen molar-refractivity contribution in [2.24, 2.45) is 5.73 Å². The van der Waals surface area contributed by atoms with Crippen LogP contribution in [0.5, 0.6) is 0 Å². The third-order valence-corrected chi connectivity index (χ3v) is 3.79. The van der Waals surface area contributed by atoms with Gasteiger partial charge in [-0.25, -0.2) is 4.98 Å². The Hall–Kier alpha value is -1.39. The minimum absolute atomic E-state index is 0.756. The Bertz CT molecular complexity index is 623. The second-order valence-corrected chi connectivity index (χ2v) is 4.89. The summed E-state index contributed by atoms with van der Waals surface area (Å²) in [6.45, 7) is 0.756. The van der Waals surface area contributed by atoms with Gasteiger partial charge in [-0.3, -0.25) is 4.40 Å². The minimum Gasteiger partial charge on any atom is -0.330 e. The topological polar surface area (TPSA) is 43.3 Å². The van der Waals surface area contributed by atoms with Crippen molar-refractivity contribution in [2.75, 3.05) is 6.54 Å². The van der Waals surface area contributed by atoms with E-state index in [1.165, 1.54) is 15.8 Å². The normalized spacial score (nSPS) is 11.6. The highest BCUT2D eigenvalue weighted by molar-refractivity contribution is 7.23. The second kappa shape index (κ2) is 3.88. The average molecular weight is 231 g/mol. The number of hydrogen-bond acceptors (Lipinski definition) is 3. The molecule has 82 valence electrons. The molecule has 0 spiro atoms. The van der Waals surface area contributed by atoms with E-state index in [0.717, 1.165) is 24.3 Å². The number of benzene rings is 1. The molecule has 16 heavy (non-hydrogen) atoms. The van der Waals surface area contributed by atoms with Gasteiger partial charge in [0.05, 0.1) is 10.2 Å². The van der Waals surface area contributed by atoms with Gasteiger partial charge in [0, 0.05) is 12.4 Å². The maximum absolute atomic E-state index is 5.52. The van der Waals surface area contributed by atoms with Gasteiger partial charge in [0.15, 0.2) is 4.96 Å². The first kappa shape index (κ1) is 9.81. The van der Waals surface area contributed by atoms with E-state index in [0.29, 0.717) is 0 Å². The molecule has 0 aliphatic carbocycles. The molecule has 3 rings (SSSR count). The summed E-state index contributed by atoms with van der Waals surface area (Å²) in [5.41, 5.74) is 8.13. The van der Waals surface area contributed by atoms with E-state index in [9.17, 15) is 0 Å². The molecule has 1 aromatic carbocycles. The van der Waals surface area contributed by atoms with Crippen LogP contribution in [0.25, 0.3) is 15.2 Å². The van der Waals surface area contributed by atoms with Crippen molar-refractivity contribution in [3.05, 3.63) is 36.2 Å². The lowest BCUT2D eigenvalue weighted by molar-refractivity contribution is 0.833. The predicted octanol–water partition coefficient (Wildman–Crippen LogP) is 2.44. The number of fused-ring (bicyclic) bond motifs is 3. The molecule has 0 bridgehead atoms. The van der Waals surface area contributed by atoms with Crippen molar-refractivity contribution in [2.45, 2.75) is 12.8 Å². The molecular formula is C12H13N3S. The number of rotatable bonds is 3. The molecule has 0 saturated heterocycles. The van der Waals surface area contributed by atoms with Crippen LogP contribution in [0, 0.1) is 0 Å². The Balaban J connectivity index is 2.10. The quantitative estimate of drug-likeness (QED) is 0.752. The van der Waals surface area contributed by atoms with Crippen LogP contribution in [0.4, 0.5) is 0 Å². The Morgan fingerprint density at radius 3 is 3.19 bits per heavy atom. The van der Waals surface area contributed by atoms with Crippen molar-refractivity contribution < 1.29 is 0 Å². The average Bonchev–Trinajstić information content (AvgIpc) is 2.85. The van der Waals surface area contributed by atoms with Crippen molar-refractivity contribution in [3.8, 4) is 0 Å². The van der Waals surface area contributed by atoms with E-state index in [2.05, 4.69) is 27.6 Å². The first-order valence-electron chi connectivity index (χ1n) is 5.43.